The van der Waals surface area contributed by atoms with Gasteiger partial charge in [0.15, 0.2) is 5.13 Å². The summed E-state index contributed by atoms with van der Waals surface area (Å²) in [4.78, 5) is 10.0. The molecule has 158 valence electrons. The minimum Gasteiger partial charge on any atom is -0.369 e. The van der Waals surface area contributed by atoms with Crippen molar-refractivity contribution >= 4 is 32.3 Å². The normalized spacial score (nSPS) is 17.8. The molecule has 4 rings (SSSR count). The molecule has 1 unspecified atom stereocenters. The van der Waals surface area contributed by atoms with Gasteiger partial charge in [-0.3, -0.25) is 0 Å². The van der Waals surface area contributed by atoms with E-state index >= 15 is 0 Å². The van der Waals surface area contributed by atoms with E-state index in [1.165, 1.54) is 27.8 Å². The number of hydrogen-bond donors (Lipinski definition) is 1. The Labute approximate surface area is 178 Å². The highest BCUT2D eigenvalue weighted by Crippen LogP contribution is 2.28. The van der Waals surface area contributed by atoms with Crippen LogP contribution in [-0.4, -0.2) is 42.4 Å². The lowest BCUT2D eigenvalue weighted by molar-refractivity contribution is -0.00487. The second-order valence-electron chi connectivity index (χ2n) is 6.98. The molecule has 10 heteroatoms. The van der Waals surface area contributed by atoms with Crippen LogP contribution in [0.15, 0.2) is 47.5 Å². The number of halogens is 1. The molecule has 1 fully saturated rings. The third-order valence-corrected chi connectivity index (χ3v) is 7.59. The van der Waals surface area contributed by atoms with E-state index in [1.54, 1.807) is 13.1 Å². The van der Waals surface area contributed by atoms with Gasteiger partial charge in [0.25, 0.3) is 0 Å². The molecule has 3 aromatic rings. The van der Waals surface area contributed by atoms with Crippen molar-refractivity contribution < 1.29 is 17.5 Å². The molecule has 2 aromatic heterocycles. The third kappa shape index (κ3) is 4.36. The first-order valence-electron chi connectivity index (χ1n) is 9.37. The van der Waals surface area contributed by atoms with Crippen LogP contribution in [0.2, 0.25) is 0 Å². The van der Waals surface area contributed by atoms with Crippen LogP contribution in [0.4, 0.5) is 15.3 Å². The van der Waals surface area contributed by atoms with Crippen molar-refractivity contribution in [2.45, 2.75) is 24.8 Å². The number of pyridine rings is 1. The maximum atomic E-state index is 13.4. The quantitative estimate of drug-likeness (QED) is 0.639. The van der Waals surface area contributed by atoms with Gasteiger partial charge in [0, 0.05) is 24.2 Å². The van der Waals surface area contributed by atoms with E-state index in [9.17, 15) is 12.8 Å². The standard InChI is InChI=1S/C20H21FN4O3S2/c1-13-10-15(21)6-7-18(13)30(26,27)25-8-9-28-17(12-25)16-4-3-5-19(23-16)24-20-22-11-14(2)29-20/h3-7,10-11,17H,8-9,12H2,1-2H3,(H,22,23,24). The Hall–Kier alpha value is -2.40. The number of thiazole rings is 1. The number of benzene rings is 1. The molecule has 0 radical (unpaired) electrons. The molecule has 0 spiro atoms. The van der Waals surface area contributed by atoms with Crippen LogP contribution in [-0.2, 0) is 14.8 Å². The number of sulfonamides is 1. The van der Waals surface area contributed by atoms with E-state index in [0.717, 1.165) is 16.1 Å². The first-order chi connectivity index (χ1) is 14.3. The van der Waals surface area contributed by atoms with Crippen LogP contribution >= 0.6 is 11.3 Å². The number of nitrogens with one attached hydrogen (secondary N) is 1. The number of hydrogen-bond acceptors (Lipinski definition) is 7. The molecule has 7 nitrogen and oxygen atoms in total. The number of ether oxygens (including phenoxy) is 1. The molecule has 1 aliphatic heterocycles. The monoisotopic (exact) mass is 448 g/mol. The van der Waals surface area contributed by atoms with Gasteiger partial charge in [0.2, 0.25) is 10.0 Å². The lowest BCUT2D eigenvalue weighted by Gasteiger charge is -2.32. The van der Waals surface area contributed by atoms with Gasteiger partial charge < -0.3 is 10.1 Å². The smallest absolute Gasteiger partial charge is 0.243 e. The summed E-state index contributed by atoms with van der Waals surface area (Å²) < 4.78 is 46.8. The van der Waals surface area contributed by atoms with Gasteiger partial charge in [-0.1, -0.05) is 6.07 Å². The van der Waals surface area contributed by atoms with Crippen molar-refractivity contribution in [3.63, 3.8) is 0 Å². The highest BCUT2D eigenvalue weighted by molar-refractivity contribution is 7.89. The summed E-state index contributed by atoms with van der Waals surface area (Å²) in [5, 5.41) is 3.89. The Bertz CT molecular complexity index is 1170. The zero-order chi connectivity index (χ0) is 21.3. The Morgan fingerprint density at radius 3 is 2.83 bits per heavy atom. The number of aryl methyl sites for hydroxylation is 2. The van der Waals surface area contributed by atoms with Crippen molar-refractivity contribution in [2.75, 3.05) is 25.0 Å². The molecule has 30 heavy (non-hydrogen) atoms. The Balaban J connectivity index is 1.54. The fourth-order valence-electron chi connectivity index (χ4n) is 3.29. The van der Waals surface area contributed by atoms with Crippen molar-refractivity contribution in [2.24, 2.45) is 0 Å². The molecular formula is C20H21FN4O3S2. The predicted octanol–water partition coefficient (Wildman–Crippen LogP) is 3.80. The van der Waals surface area contributed by atoms with Gasteiger partial charge in [-0.05, 0) is 49.7 Å². The molecule has 1 aliphatic rings. The molecule has 1 saturated heterocycles. The Morgan fingerprint density at radius 1 is 1.27 bits per heavy atom. The van der Waals surface area contributed by atoms with E-state index in [0.29, 0.717) is 17.1 Å². The minimum atomic E-state index is -3.77. The summed E-state index contributed by atoms with van der Waals surface area (Å²) >= 11 is 1.52. The highest BCUT2D eigenvalue weighted by Gasteiger charge is 2.33. The second-order valence-corrected chi connectivity index (χ2v) is 10.1. The number of rotatable bonds is 5. The number of nitrogens with zero attached hydrogens (tertiary/aromatic N) is 3. The Kier molecular flexibility index (Phi) is 5.83. The summed E-state index contributed by atoms with van der Waals surface area (Å²) in [5.74, 6) is 0.148. The van der Waals surface area contributed by atoms with Crippen molar-refractivity contribution in [3.8, 4) is 0 Å². The first-order valence-corrected chi connectivity index (χ1v) is 11.6. The largest absolute Gasteiger partial charge is 0.369 e. The maximum absolute atomic E-state index is 13.4. The SMILES string of the molecule is Cc1cnc(Nc2cccc(C3CN(S(=O)(=O)c4ccc(F)cc4C)CCO3)n2)s1. The molecular weight excluding hydrogens is 427 g/mol. The minimum absolute atomic E-state index is 0.104. The lowest BCUT2D eigenvalue weighted by Crippen LogP contribution is -2.42. The molecule has 0 saturated carbocycles. The second kappa shape index (κ2) is 8.38. The van der Waals surface area contributed by atoms with Crippen LogP contribution in [0.25, 0.3) is 0 Å². The molecule has 3 heterocycles. The number of morpholine rings is 1. The summed E-state index contributed by atoms with van der Waals surface area (Å²) in [6.07, 6.45) is 1.27. The number of anilines is 2. The highest BCUT2D eigenvalue weighted by atomic mass is 32.2. The first kappa shape index (κ1) is 20.9. The molecule has 1 atom stereocenters. The zero-order valence-corrected chi connectivity index (χ0v) is 18.1. The van der Waals surface area contributed by atoms with Crippen LogP contribution in [0.3, 0.4) is 0 Å². The average molecular weight is 449 g/mol. The van der Waals surface area contributed by atoms with Crippen molar-refractivity contribution in [1.29, 1.82) is 0 Å². The summed E-state index contributed by atoms with van der Waals surface area (Å²) in [7, 11) is -3.77. The molecule has 0 bridgehead atoms. The lowest BCUT2D eigenvalue weighted by atomic mass is 10.2. The van der Waals surface area contributed by atoms with E-state index in [1.807, 2.05) is 25.1 Å². The van der Waals surface area contributed by atoms with Gasteiger partial charge in [0.1, 0.15) is 17.7 Å². The molecule has 1 N–H and O–H groups in total. The molecule has 0 amide bonds. The molecule has 1 aromatic carbocycles. The van der Waals surface area contributed by atoms with Crippen LogP contribution in [0.5, 0.6) is 0 Å². The van der Waals surface area contributed by atoms with E-state index < -0.39 is 21.9 Å². The van der Waals surface area contributed by atoms with Crippen LogP contribution in [0, 0.1) is 19.7 Å². The van der Waals surface area contributed by atoms with Crippen LogP contribution < -0.4 is 5.32 Å². The molecule has 0 aliphatic carbocycles. The van der Waals surface area contributed by atoms with E-state index in [2.05, 4.69) is 15.3 Å². The van der Waals surface area contributed by atoms with E-state index in [-0.39, 0.29) is 24.6 Å². The van der Waals surface area contributed by atoms with Gasteiger partial charge in [0.05, 0.1) is 17.2 Å². The van der Waals surface area contributed by atoms with E-state index in [4.69, 9.17) is 4.74 Å². The van der Waals surface area contributed by atoms with Crippen molar-refractivity contribution in [1.82, 2.24) is 14.3 Å². The maximum Gasteiger partial charge on any atom is 0.243 e. The third-order valence-electron chi connectivity index (χ3n) is 4.74. The topological polar surface area (TPSA) is 84.4 Å². The fraction of sp³-hybridized carbons (Fsp3) is 0.300. The zero-order valence-electron chi connectivity index (χ0n) is 16.5. The predicted molar refractivity (Wildman–Crippen MR) is 113 cm³/mol. The van der Waals surface area contributed by atoms with Gasteiger partial charge >= 0.3 is 0 Å². The fourth-order valence-corrected chi connectivity index (χ4v) is 5.59. The Morgan fingerprint density at radius 2 is 2.10 bits per heavy atom. The van der Waals surface area contributed by atoms with Crippen molar-refractivity contribution in [3.05, 3.63) is 64.5 Å². The number of aromatic nitrogens is 2. The summed E-state index contributed by atoms with van der Waals surface area (Å²) in [5.41, 5.74) is 1.00. The summed E-state index contributed by atoms with van der Waals surface area (Å²) in [6, 6.07) is 9.16. The summed E-state index contributed by atoms with van der Waals surface area (Å²) in [6.45, 7) is 4.17. The average Bonchev–Trinajstić information content (AvgIpc) is 3.12. The van der Waals surface area contributed by atoms with Gasteiger partial charge in [-0.2, -0.15) is 4.31 Å². The van der Waals surface area contributed by atoms with Crippen LogP contribution in [0.1, 0.15) is 22.2 Å². The van der Waals surface area contributed by atoms with Gasteiger partial charge in [-0.25, -0.2) is 22.8 Å². The van der Waals surface area contributed by atoms with Gasteiger partial charge in [-0.15, -0.1) is 11.3 Å².